The summed E-state index contributed by atoms with van der Waals surface area (Å²) in [6.45, 7) is 5.30. The summed E-state index contributed by atoms with van der Waals surface area (Å²) in [6, 6.07) is 10.9. The molecule has 0 heterocycles. The Morgan fingerprint density at radius 3 is 2.31 bits per heavy atom. The lowest BCUT2D eigenvalue weighted by molar-refractivity contribution is -0.157. The maximum atomic E-state index is 13.7. The number of ketones is 2. The first-order valence-corrected chi connectivity index (χ1v) is 13.4. The minimum Gasteiger partial charge on any atom is -0.508 e. The maximum Gasteiger partial charge on any atom is 0.306 e. The SMILES string of the molecule is CCCCCC(=O)OC(CC(=O)[C@@H](N)Cc1ccc(O)cc1C)C(=O)[C@H](Cc1ccccc1)NC(=O)[C@H](C)N. The number of phenols is 1. The third kappa shape index (κ3) is 10.6. The molecule has 0 radical (unpaired) electrons. The number of aryl methyl sites for hydroxylation is 1. The second kappa shape index (κ2) is 15.8. The summed E-state index contributed by atoms with van der Waals surface area (Å²) in [5.74, 6) is -2.08. The molecule has 39 heavy (non-hydrogen) atoms. The second-order valence-corrected chi connectivity index (χ2v) is 9.97. The number of unbranched alkanes of at least 4 members (excludes halogenated alkanes) is 2. The lowest BCUT2D eigenvalue weighted by Crippen LogP contribution is -2.52. The van der Waals surface area contributed by atoms with Gasteiger partial charge < -0.3 is 26.6 Å². The van der Waals surface area contributed by atoms with Crippen LogP contribution in [0.15, 0.2) is 48.5 Å². The van der Waals surface area contributed by atoms with Crippen molar-refractivity contribution in [3.8, 4) is 5.75 Å². The molecule has 2 aromatic rings. The number of hydrogen-bond acceptors (Lipinski definition) is 8. The standard InChI is InChI=1S/C30H41N3O6/c1-4-5-7-12-28(36)39-27(18-26(35)24(32)17-22-13-14-23(34)15-19(22)2)29(37)25(33-30(38)20(3)31)16-21-10-8-6-9-11-21/h6,8-11,13-15,20,24-25,27,34H,4-5,7,12,16-18,31-32H2,1-3H3,(H,33,38)/t20-,24-,25-,27?/m0/s1. The molecule has 2 aromatic carbocycles. The fourth-order valence-electron chi connectivity index (χ4n) is 4.13. The zero-order valence-corrected chi connectivity index (χ0v) is 23.0. The molecule has 4 atom stereocenters. The number of rotatable bonds is 16. The van der Waals surface area contributed by atoms with Gasteiger partial charge in [-0.15, -0.1) is 0 Å². The van der Waals surface area contributed by atoms with Gasteiger partial charge in [-0.05, 0) is 61.9 Å². The molecule has 0 aromatic heterocycles. The number of hydrogen-bond donors (Lipinski definition) is 4. The van der Waals surface area contributed by atoms with Crippen LogP contribution in [0.3, 0.4) is 0 Å². The zero-order valence-electron chi connectivity index (χ0n) is 23.0. The van der Waals surface area contributed by atoms with Gasteiger partial charge in [-0.1, -0.05) is 56.2 Å². The van der Waals surface area contributed by atoms with Gasteiger partial charge in [0.1, 0.15) is 5.75 Å². The normalized spacial score (nSPS) is 14.1. The molecule has 0 spiro atoms. The largest absolute Gasteiger partial charge is 0.508 e. The molecule has 2 rings (SSSR count). The number of ether oxygens (including phenoxy) is 1. The summed E-state index contributed by atoms with van der Waals surface area (Å²) in [5, 5.41) is 12.3. The molecular formula is C30H41N3O6. The van der Waals surface area contributed by atoms with E-state index in [2.05, 4.69) is 5.32 Å². The van der Waals surface area contributed by atoms with Gasteiger partial charge in [0.25, 0.3) is 0 Å². The van der Waals surface area contributed by atoms with Gasteiger partial charge >= 0.3 is 5.97 Å². The topological polar surface area (TPSA) is 162 Å². The molecule has 1 unspecified atom stereocenters. The van der Waals surface area contributed by atoms with Crippen LogP contribution < -0.4 is 16.8 Å². The first-order chi connectivity index (χ1) is 18.5. The van der Waals surface area contributed by atoms with Crippen molar-refractivity contribution >= 4 is 23.4 Å². The number of carbonyl (C=O) groups is 4. The molecule has 0 aliphatic carbocycles. The Kier molecular flexibility index (Phi) is 12.8. The van der Waals surface area contributed by atoms with Crippen molar-refractivity contribution in [1.29, 1.82) is 0 Å². The predicted octanol–water partition coefficient (Wildman–Crippen LogP) is 2.67. The van der Waals surface area contributed by atoms with E-state index in [1.165, 1.54) is 13.0 Å². The van der Waals surface area contributed by atoms with Crippen molar-refractivity contribution in [2.75, 3.05) is 0 Å². The lowest BCUT2D eigenvalue weighted by atomic mass is 9.92. The fourth-order valence-corrected chi connectivity index (χ4v) is 4.13. The maximum absolute atomic E-state index is 13.7. The minimum absolute atomic E-state index is 0.107. The Hall–Kier alpha value is -3.56. The van der Waals surface area contributed by atoms with Crippen molar-refractivity contribution in [2.24, 2.45) is 11.5 Å². The van der Waals surface area contributed by atoms with Crippen molar-refractivity contribution in [3.63, 3.8) is 0 Å². The van der Waals surface area contributed by atoms with Gasteiger partial charge in [-0.25, -0.2) is 0 Å². The van der Waals surface area contributed by atoms with Crippen molar-refractivity contribution in [1.82, 2.24) is 5.32 Å². The van der Waals surface area contributed by atoms with Gasteiger partial charge in [-0.3, -0.25) is 19.2 Å². The van der Waals surface area contributed by atoms with Crippen molar-refractivity contribution in [2.45, 2.75) is 89.9 Å². The molecule has 0 saturated heterocycles. The predicted molar refractivity (Wildman–Crippen MR) is 149 cm³/mol. The van der Waals surface area contributed by atoms with Crippen LogP contribution in [0, 0.1) is 6.92 Å². The fraction of sp³-hybridized carbons (Fsp3) is 0.467. The summed E-state index contributed by atoms with van der Waals surface area (Å²) < 4.78 is 5.55. The molecule has 0 aliphatic heterocycles. The van der Waals surface area contributed by atoms with Gasteiger partial charge in [0.05, 0.1) is 24.5 Å². The molecule has 9 heteroatoms. The zero-order chi connectivity index (χ0) is 28.9. The number of amides is 1. The molecule has 0 bridgehead atoms. The van der Waals surface area contributed by atoms with Crippen molar-refractivity contribution < 1.29 is 29.0 Å². The number of phenolic OH excluding ortho intramolecular Hbond substituents is 1. The van der Waals surface area contributed by atoms with E-state index in [0.29, 0.717) is 6.42 Å². The third-order valence-electron chi connectivity index (χ3n) is 6.50. The number of nitrogens with two attached hydrogens (primary N) is 2. The first-order valence-electron chi connectivity index (χ1n) is 13.4. The molecule has 0 fully saturated rings. The molecule has 9 nitrogen and oxygen atoms in total. The van der Waals surface area contributed by atoms with E-state index in [4.69, 9.17) is 16.2 Å². The lowest BCUT2D eigenvalue weighted by Gasteiger charge is -2.25. The van der Waals surface area contributed by atoms with Gasteiger partial charge in [0, 0.05) is 6.42 Å². The monoisotopic (exact) mass is 539 g/mol. The summed E-state index contributed by atoms with van der Waals surface area (Å²) in [7, 11) is 0. The molecule has 6 N–H and O–H groups in total. The Morgan fingerprint density at radius 2 is 1.69 bits per heavy atom. The molecular weight excluding hydrogens is 498 g/mol. The molecule has 1 amide bonds. The summed E-state index contributed by atoms with van der Waals surface area (Å²) >= 11 is 0. The van der Waals surface area contributed by atoms with Crippen molar-refractivity contribution in [3.05, 3.63) is 65.2 Å². The average Bonchev–Trinajstić information content (AvgIpc) is 2.89. The molecule has 0 aliphatic rings. The van der Waals surface area contributed by atoms with Crippen LogP contribution in [0.4, 0.5) is 0 Å². The number of Topliss-reactive ketones (excluding diaryl/α,β-unsaturated/α-hetero) is 2. The Bertz CT molecular complexity index is 1120. The summed E-state index contributed by atoms with van der Waals surface area (Å²) in [4.78, 5) is 52.0. The van der Waals surface area contributed by atoms with E-state index < -0.39 is 54.1 Å². The smallest absolute Gasteiger partial charge is 0.306 e. The van der Waals surface area contributed by atoms with Crippen LogP contribution in [0.2, 0.25) is 0 Å². The average molecular weight is 540 g/mol. The highest BCUT2D eigenvalue weighted by Gasteiger charge is 2.34. The number of nitrogens with one attached hydrogen (secondary N) is 1. The highest BCUT2D eigenvalue weighted by molar-refractivity contribution is 5.98. The van der Waals surface area contributed by atoms with Crippen LogP contribution in [0.5, 0.6) is 5.75 Å². The number of esters is 1. The Morgan fingerprint density at radius 1 is 1.00 bits per heavy atom. The van der Waals surface area contributed by atoms with E-state index in [1.54, 1.807) is 19.1 Å². The Labute approximate surface area is 230 Å². The van der Waals surface area contributed by atoms with Crippen LogP contribution in [0.25, 0.3) is 0 Å². The van der Waals surface area contributed by atoms with Gasteiger partial charge in [-0.2, -0.15) is 0 Å². The quantitative estimate of drug-likeness (QED) is 0.187. The first kappa shape index (κ1) is 31.7. The minimum atomic E-state index is -1.42. The van der Waals surface area contributed by atoms with Gasteiger partial charge in [0.2, 0.25) is 5.91 Å². The highest BCUT2D eigenvalue weighted by Crippen LogP contribution is 2.18. The second-order valence-electron chi connectivity index (χ2n) is 9.97. The van der Waals surface area contributed by atoms with Crippen LogP contribution in [-0.2, 0) is 36.8 Å². The van der Waals surface area contributed by atoms with Gasteiger partial charge in [0.15, 0.2) is 17.7 Å². The summed E-state index contributed by atoms with van der Waals surface area (Å²) in [5.41, 5.74) is 14.3. The molecule has 212 valence electrons. The number of aromatic hydroxyl groups is 1. The highest BCUT2D eigenvalue weighted by atomic mass is 16.5. The van der Waals surface area contributed by atoms with E-state index in [9.17, 15) is 24.3 Å². The van der Waals surface area contributed by atoms with Crippen LogP contribution >= 0.6 is 0 Å². The van der Waals surface area contributed by atoms with E-state index >= 15 is 0 Å². The van der Waals surface area contributed by atoms with E-state index in [0.717, 1.165) is 29.5 Å². The van der Waals surface area contributed by atoms with Crippen LogP contribution in [0.1, 0.15) is 62.6 Å². The number of benzene rings is 2. The Balaban J connectivity index is 2.27. The van der Waals surface area contributed by atoms with E-state index in [1.807, 2.05) is 37.3 Å². The number of carbonyl (C=O) groups excluding carboxylic acids is 4. The third-order valence-corrected chi connectivity index (χ3v) is 6.50. The molecule has 0 saturated carbocycles. The van der Waals surface area contributed by atoms with E-state index in [-0.39, 0.29) is 25.0 Å². The van der Waals surface area contributed by atoms with Crippen LogP contribution in [-0.4, -0.2) is 52.8 Å². The summed E-state index contributed by atoms with van der Waals surface area (Å²) in [6.07, 6.45) is 0.919.